The zero-order chi connectivity index (χ0) is 16.6. The number of allylic oxidation sites excluding steroid dienone is 1. The number of hydrogen-bond acceptors (Lipinski definition) is 4. The molecule has 0 amide bonds. The number of aromatic amines is 1. The van der Waals surface area contributed by atoms with Crippen molar-refractivity contribution in [2.75, 3.05) is 0 Å². The second-order valence-corrected chi connectivity index (χ2v) is 5.72. The Morgan fingerprint density at radius 3 is 2.78 bits per heavy atom. The summed E-state index contributed by atoms with van der Waals surface area (Å²) < 4.78 is 1.68. The first-order chi connectivity index (χ1) is 11.1. The van der Waals surface area contributed by atoms with E-state index in [1.54, 1.807) is 17.1 Å². The first kappa shape index (κ1) is 15.3. The number of pyridine rings is 1. The van der Waals surface area contributed by atoms with Crippen LogP contribution in [0.15, 0.2) is 39.8 Å². The molecule has 0 saturated carbocycles. The molecule has 3 heterocycles. The fourth-order valence-corrected chi connectivity index (χ4v) is 2.99. The molecule has 0 saturated heterocycles. The van der Waals surface area contributed by atoms with E-state index in [1.807, 2.05) is 13.0 Å². The van der Waals surface area contributed by atoms with Gasteiger partial charge in [0.2, 0.25) is 0 Å². The highest BCUT2D eigenvalue weighted by molar-refractivity contribution is 5.59. The number of H-pyrrole nitrogens is 1. The molecule has 0 aliphatic carbocycles. The molecule has 0 atom stereocenters. The van der Waals surface area contributed by atoms with Gasteiger partial charge in [-0.1, -0.05) is 12.5 Å². The Morgan fingerprint density at radius 1 is 1.39 bits per heavy atom. The van der Waals surface area contributed by atoms with Crippen LogP contribution in [-0.4, -0.2) is 14.5 Å². The van der Waals surface area contributed by atoms with Crippen LogP contribution in [0.1, 0.15) is 33.6 Å². The number of nitrogens with two attached hydrogens (primary N) is 1. The van der Waals surface area contributed by atoms with Crippen LogP contribution in [0, 0.1) is 0 Å². The number of rotatable bonds is 3. The van der Waals surface area contributed by atoms with E-state index in [2.05, 4.69) is 28.8 Å². The quantitative estimate of drug-likeness (QED) is 0.887. The van der Waals surface area contributed by atoms with E-state index in [0.717, 1.165) is 23.6 Å². The van der Waals surface area contributed by atoms with E-state index >= 15 is 0 Å². The summed E-state index contributed by atoms with van der Waals surface area (Å²) in [6.45, 7) is 6.62. The number of aromatic nitrogens is 3. The predicted molar refractivity (Wildman–Crippen MR) is 89.9 cm³/mol. The minimum absolute atomic E-state index is 0.0835. The molecule has 1 aliphatic heterocycles. The summed E-state index contributed by atoms with van der Waals surface area (Å²) in [5.74, 6) is 0.529. The monoisotopic (exact) mass is 311 g/mol. The van der Waals surface area contributed by atoms with Crippen molar-refractivity contribution < 1.29 is 0 Å². The van der Waals surface area contributed by atoms with Gasteiger partial charge in [0, 0.05) is 11.8 Å². The van der Waals surface area contributed by atoms with Crippen LogP contribution < -0.4 is 22.0 Å². The molecular formula is C17H21N5O. The molecule has 0 bridgehead atoms. The highest BCUT2D eigenvalue weighted by Gasteiger charge is 2.15. The maximum Gasteiger partial charge on any atom is 0.261 e. The van der Waals surface area contributed by atoms with Crippen molar-refractivity contribution in [1.82, 2.24) is 14.5 Å². The maximum atomic E-state index is 12.8. The Labute approximate surface area is 134 Å². The Bertz CT molecular complexity index is 948. The Balaban J connectivity index is 2.44. The highest BCUT2D eigenvalue weighted by atomic mass is 16.1. The van der Waals surface area contributed by atoms with Crippen LogP contribution in [0.3, 0.4) is 0 Å². The molecule has 6 heteroatoms. The topological polar surface area (TPSA) is 89.1 Å². The summed E-state index contributed by atoms with van der Waals surface area (Å²) in [7, 11) is 0. The standard InChI is InChI=1S/C17H21N5O/c1-4-11-6-10(3)12-7-13(14-8-19-9-20-14)17(23)22(5-2)16(12)21-15(11)18/h7-9H,4-6,18H2,1-3H3,(H,19,20). The van der Waals surface area contributed by atoms with Gasteiger partial charge in [0.25, 0.3) is 5.56 Å². The second kappa shape index (κ2) is 5.87. The Morgan fingerprint density at radius 2 is 2.17 bits per heavy atom. The zero-order valence-corrected chi connectivity index (χ0v) is 13.7. The molecule has 0 unspecified atom stereocenters. The summed E-state index contributed by atoms with van der Waals surface area (Å²) in [5.41, 5.74) is 10.3. The van der Waals surface area contributed by atoms with Crippen molar-refractivity contribution >= 4 is 5.57 Å². The lowest BCUT2D eigenvalue weighted by Crippen LogP contribution is -2.44. The smallest absolute Gasteiger partial charge is 0.261 e. The number of nitrogens with one attached hydrogen (secondary N) is 1. The van der Waals surface area contributed by atoms with Crippen LogP contribution in [-0.2, 0) is 6.54 Å². The molecule has 2 aromatic rings. The van der Waals surface area contributed by atoms with Gasteiger partial charge >= 0.3 is 0 Å². The average molecular weight is 311 g/mol. The Kier molecular flexibility index (Phi) is 3.90. The lowest BCUT2D eigenvalue weighted by molar-refractivity contribution is 0.678. The number of imidazole rings is 1. The van der Waals surface area contributed by atoms with Crippen LogP contribution >= 0.6 is 0 Å². The van der Waals surface area contributed by atoms with Gasteiger partial charge in [0.15, 0.2) is 0 Å². The van der Waals surface area contributed by atoms with Gasteiger partial charge in [0.05, 0.1) is 23.8 Å². The summed E-state index contributed by atoms with van der Waals surface area (Å²) >= 11 is 0. The van der Waals surface area contributed by atoms with Gasteiger partial charge in [-0.2, -0.15) is 0 Å². The predicted octanol–water partition coefficient (Wildman–Crippen LogP) is 1.03. The molecule has 120 valence electrons. The van der Waals surface area contributed by atoms with Gasteiger partial charge in [-0.3, -0.25) is 9.36 Å². The van der Waals surface area contributed by atoms with Gasteiger partial charge in [-0.25, -0.2) is 9.98 Å². The molecule has 23 heavy (non-hydrogen) atoms. The lowest BCUT2D eigenvalue weighted by atomic mass is 10.0. The van der Waals surface area contributed by atoms with Crippen molar-refractivity contribution in [1.29, 1.82) is 0 Å². The van der Waals surface area contributed by atoms with E-state index in [-0.39, 0.29) is 5.56 Å². The fraction of sp³-hybridized carbons (Fsp3) is 0.353. The lowest BCUT2D eigenvalue weighted by Gasteiger charge is -2.08. The second-order valence-electron chi connectivity index (χ2n) is 5.72. The van der Waals surface area contributed by atoms with E-state index in [9.17, 15) is 4.79 Å². The number of nitrogens with zero attached hydrogens (tertiary/aromatic N) is 3. The van der Waals surface area contributed by atoms with E-state index in [4.69, 9.17) is 5.73 Å². The molecule has 3 rings (SSSR count). The van der Waals surface area contributed by atoms with Crippen LogP contribution in [0.2, 0.25) is 0 Å². The minimum atomic E-state index is -0.0835. The molecule has 0 aromatic carbocycles. The zero-order valence-electron chi connectivity index (χ0n) is 13.7. The molecule has 3 N–H and O–H groups in total. The van der Waals surface area contributed by atoms with E-state index in [0.29, 0.717) is 29.1 Å². The van der Waals surface area contributed by atoms with Crippen molar-refractivity contribution in [3.63, 3.8) is 0 Å². The van der Waals surface area contributed by atoms with Gasteiger partial charge in [-0.05, 0) is 38.3 Å². The van der Waals surface area contributed by atoms with E-state index in [1.165, 1.54) is 5.57 Å². The summed E-state index contributed by atoms with van der Waals surface area (Å²) in [4.78, 5) is 24.4. The summed E-state index contributed by atoms with van der Waals surface area (Å²) in [5, 5.41) is 0.974. The maximum absolute atomic E-state index is 12.8. The largest absolute Gasteiger partial charge is 0.384 e. The fourth-order valence-electron chi connectivity index (χ4n) is 2.99. The van der Waals surface area contributed by atoms with Crippen molar-refractivity contribution in [3.05, 3.63) is 51.0 Å². The first-order valence-corrected chi connectivity index (χ1v) is 7.85. The molecule has 2 aromatic heterocycles. The minimum Gasteiger partial charge on any atom is -0.384 e. The van der Waals surface area contributed by atoms with Crippen molar-refractivity contribution in [3.8, 4) is 11.3 Å². The first-order valence-electron chi connectivity index (χ1n) is 7.85. The molecule has 0 spiro atoms. The normalized spacial score (nSPS) is 14.5. The van der Waals surface area contributed by atoms with Crippen LogP contribution in [0.5, 0.6) is 0 Å². The average Bonchev–Trinajstić information content (AvgIpc) is 3.03. The van der Waals surface area contributed by atoms with Crippen LogP contribution in [0.25, 0.3) is 16.8 Å². The summed E-state index contributed by atoms with van der Waals surface area (Å²) in [6.07, 6.45) is 4.87. The highest BCUT2D eigenvalue weighted by Crippen LogP contribution is 2.18. The molecule has 0 fully saturated rings. The van der Waals surface area contributed by atoms with Crippen molar-refractivity contribution in [2.24, 2.45) is 10.7 Å². The third-order valence-corrected chi connectivity index (χ3v) is 4.32. The molecule has 6 nitrogen and oxygen atoms in total. The SMILES string of the molecule is CCC1=C(N)N=c2c(cc(-c3cnc[nH]3)c(=O)n2CC)=C(C)C1. The Hall–Kier alpha value is -2.63. The third kappa shape index (κ3) is 2.50. The number of hydrogen-bond donors (Lipinski definition) is 2. The molecule has 0 radical (unpaired) electrons. The van der Waals surface area contributed by atoms with Crippen LogP contribution in [0.4, 0.5) is 0 Å². The van der Waals surface area contributed by atoms with Gasteiger partial charge in [0.1, 0.15) is 11.3 Å². The molecule has 1 aliphatic rings. The summed E-state index contributed by atoms with van der Waals surface area (Å²) in [6, 6.07) is 1.90. The van der Waals surface area contributed by atoms with Gasteiger partial charge < -0.3 is 10.7 Å². The van der Waals surface area contributed by atoms with E-state index < -0.39 is 0 Å². The number of fused-ring (bicyclic) bond motifs is 1. The third-order valence-electron chi connectivity index (χ3n) is 4.32. The molecular weight excluding hydrogens is 290 g/mol. The van der Waals surface area contributed by atoms with Crippen molar-refractivity contribution in [2.45, 2.75) is 40.2 Å². The van der Waals surface area contributed by atoms with Gasteiger partial charge in [-0.15, -0.1) is 0 Å².